The molecule has 5 nitrogen and oxygen atoms in total. The molecule has 0 spiro atoms. The van der Waals surface area contributed by atoms with Gasteiger partial charge in [-0.2, -0.15) is 0 Å². The molecule has 0 saturated heterocycles. The van der Waals surface area contributed by atoms with Crippen molar-refractivity contribution in [2.24, 2.45) is 0 Å². The summed E-state index contributed by atoms with van der Waals surface area (Å²) >= 11 is 0. The van der Waals surface area contributed by atoms with E-state index in [1.54, 1.807) is 12.1 Å². The number of benzene rings is 2. The van der Waals surface area contributed by atoms with E-state index in [2.05, 4.69) is 48.0 Å². The van der Waals surface area contributed by atoms with Crippen molar-refractivity contribution in [3.63, 3.8) is 0 Å². The van der Waals surface area contributed by atoms with Gasteiger partial charge in [-0.15, -0.1) is 0 Å². The number of hydrogen-bond donors (Lipinski definition) is 3. The van der Waals surface area contributed by atoms with E-state index in [1.807, 2.05) is 26.0 Å². The standard InChI is InChI=1S/C21H27N3O2/c1-14(2)22-21(26)24-19-8-6-5-7-18(19)23-20(25)12-11-17-10-9-15(3)13-16(17)4/h5-10,13-14H,11-12H2,1-4H3,(H,23,25)(H2,22,24,26). The number of aryl methyl sites for hydroxylation is 3. The van der Waals surface area contributed by atoms with Gasteiger partial charge in [0.25, 0.3) is 0 Å². The maximum atomic E-state index is 12.3. The van der Waals surface area contributed by atoms with Crippen LogP contribution in [0.1, 0.15) is 37.0 Å². The van der Waals surface area contributed by atoms with Crippen LogP contribution in [-0.4, -0.2) is 18.0 Å². The van der Waals surface area contributed by atoms with Crippen LogP contribution in [0.4, 0.5) is 16.2 Å². The molecule has 2 aromatic carbocycles. The summed E-state index contributed by atoms with van der Waals surface area (Å²) in [5.74, 6) is -0.0801. The second-order valence-corrected chi connectivity index (χ2v) is 6.78. The number of carbonyl (C=O) groups is 2. The van der Waals surface area contributed by atoms with Gasteiger partial charge in [-0.25, -0.2) is 4.79 Å². The Morgan fingerprint density at radius 2 is 1.62 bits per heavy atom. The quantitative estimate of drug-likeness (QED) is 0.720. The number of amides is 3. The van der Waals surface area contributed by atoms with Gasteiger partial charge in [-0.05, 0) is 57.4 Å². The van der Waals surface area contributed by atoms with Crippen LogP contribution in [-0.2, 0) is 11.2 Å². The molecule has 0 atom stereocenters. The minimum atomic E-state index is -0.294. The molecule has 26 heavy (non-hydrogen) atoms. The third kappa shape index (κ3) is 5.92. The molecule has 0 fully saturated rings. The molecule has 3 amide bonds. The van der Waals surface area contributed by atoms with Crippen LogP contribution in [0.15, 0.2) is 42.5 Å². The first kappa shape index (κ1) is 19.5. The van der Waals surface area contributed by atoms with Gasteiger partial charge in [0, 0.05) is 12.5 Å². The summed E-state index contributed by atoms with van der Waals surface area (Å²) < 4.78 is 0. The Morgan fingerprint density at radius 1 is 0.962 bits per heavy atom. The van der Waals surface area contributed by atoms with Crippen LogP contribution in [0.5, 0.6) is 0 Å². The molecule has 2 rings (SSSR count). The lowest BCUT2D eigenvalue weighted by molar-refractivity contribution is -0.116. The lowest BCUT2D eigenvalue weighted by Gasteiger charge is -2.14. The van der Waals surface area contributed by atoms with Crippen LogP contribution in [0.2, 0.25) is 0 Å². The maximum absolute atomic E-state index is 12.3. The second-order valence-electron chi connectivity index (χ2n) is 6.78. The predicted molar refractivity (Wildman–Crippen MR) is 107 cm³/mol. The first-order chi connectivity index (χ1) is 12.3. The lowest BCUT2D eigenvalue weighted by Crippen LogP contribution is -2.34. The van der Waals surface area contributed by atoms with E-state index in [0.29, 0.717) is 24.2 Å². The number of urea groups is 1. The van der Waals surface area contributed by atoms with Gasteiger partial charge in [-0.1, -0.05) is 35.9 Å². The second kappa shape index (κ2) is 9.04. The average molecular weight is 353 g/mol. The zero-order chi connectivity index (χ0) is 19.1. The molecule has 0 aliphatic heterocycles. The number of hydrogen-bond acceptors (Lipinski definition) is 2. The fourth-order valence-corrected chi connectivity index (χ4v) is 2.71. The summed E-state index contributed by atoms with van der Waals surface area (Å²) in [5.41, 5.74) is 4.76. The largest absolute Gasteiger partial charge is 0.336 e. The monoisotopic (exact) mass is 353 g/mol. The van der Waals surface area contributed by atoms with Crippen molar-refractivity contribution in [3.8, 4) is 0 Å². The molecule has 138 valence electrons. The predicted octanol–water partition coefficient (Wildman–Crippen LogP) is 4.40. The molecule has 0 aliphatic carbocycles. The normalized spacial score (nSPS) is 10.5. The maximum Gasteiger partial charge on any atom is 0.319 e. The van der Waals surface area contributed by atoms with E-state index >= 15 is 0 Å². The molecule has 0 aromatic heterocycles. The Balaban J connectivity index is 1.97. The van der Waals surface area contributed by atoms with Crippen LogP contribution in [0.25, 0.3) is 0 Å². The first-order valence-electron chi connectivity index (χ1n) is 8.87. The molecule has 0 saturated carbocycles. The van der Waals surface area contributed by atoms with Crippen molar-refractivity contribution < 1.29 is 9.59 Å². The van der Waals surface area contributed by atoms with E-state index in [1.165, 1.54) is 16.7 Å². The zero-order valence-corrected chi connectivity index (χ0v) is 15.8. The smallest absolute Gasteiger partial charge is 0.319 e. The summed E-state index contributed by atoms with van der Waals surface area (Å²) in [4.78, 5) is 24.2. The summed E-state index contributed by atoms with van der Waals surface area (Å²) in [6.45, 7) is 7.90. The van der Waals surface area contributed by atoms with Crippen LogP contribution in [0.3, 0.4) is 0 Å². The minimum Gasteiger partial charge on any atom is -0.336 e. The Labute approximate surface area is 155 Å². The van der Waals surface area contributed by atoms with Crippen molar-refractivity contribution in [3.05, 3.63) is 59.2 Å². The van der Waals surface area contributed by atoms with E-state index in [9.17, 15) is 9.59 Å². The number of rotatable bonds is 6. The van der Waals surface area contributed by atoms with Gasteiger partial charge in [-0.3, -0.25) is 4.79 Å². The van der Waals surface area contributed by atoms with Gasteiger partial charge < -0.3 is 16.0 Å². The minimum absolute atomic E-state index is 0.0366. The average Bonchev–Trinajstić information content (AvgIpc) is 2.55. The highest BCUT2D eigenvalue weighted by molar-refractivity contribution is 5.99. The third-order valence-electron chi connectivity index (χ3n) is 3.99. The lowest BCUT2D eigenvalue weighted by atomic mass is 10.0. The molecule has 0 heterocycles. The van der Waals surface area contributed by atoms with Crippen molar-refractivity contribution in [1.29, 1.82) is 0 Å². The van der Waals surface area contributed by atoms with E-state index < -0.39 is 0 Å². The van der Waals surface area contributed by atoms with Gasteiger partial charge in [0.05, 0.1) is 11.4 Å². The highest BCUT2D eigenvalue weighted by atomic mass is 16.2. The topological polar surface area (TPSA) is 70.2 Å². The van der Waals surface area contributed by atoms with Gasteiger partial charge in [0.15, 0.2) is 0 Å². The van der Waals surface area contributed by atoms with Crippen LogP contribution < -0.4 is 16.0 Å². The highest BCUT2D eigenvalue weighted by Gasteiger charge is 2.10. The van der Waals surface area contributed by atoms with Gasteiger partial charge in [0.2, 0.25) is 5.91 Å². The summed E-state index contributed by atoms with van der Waals surface area (Å²) in [6.07, 6.45) is 1.07. The molecular formula is C21H27N3O2. The Morgan fingerprint density at radius 3 is 2.23 bits per heavy atom. The van der Waals surface area contributed by atoms with E-state index in [-0.39, 0.29) is 18.0 Å². The Kier molecular flexibility index (Phi) is 6.78. The Bertz CT molecular complexity index is 785. The fraction of sp³-hybridized carbons (Fsp3) is 0.333. The molecule has 5 heteroatoms. The number of nitrogens with one attached hydrogen (secondary N) is 3. The molecular weight excluding hydrogens is 326 g/mol. The SMILES string of the molecule is Cc1ccc(CCC(=O)Nc2ccccc2NC(=O)NC(C)C)c(C)c1. The summed E-state index contributed by atoms with van der Waals surface area (Å²) in [7, 11) is 0. The number of carbonyl (C=O) groups excluding carboxylic acids is 2. The molecule has 0 aliphatic rings. The zero-order valence-electron chi connectivity index (χ0n) is 15.8. The van der Waals surface area contributed by atoms with Gasteiger partial charge >= 0.3 is 6.03 Å². The number of para-hydroxylation sites is 2. The van der Waals surface area contributed by atoms with Crippen molar-refractivity contribution >= 4 is 23.3 Å². The summed E-state index contributed by atoms with van der Waals surface area (Å²) in [5, 5.41) is 8.43. The van der Waals surface area contributed by atoms with Crippen molar-refractivity contribution in [2.75, 3.05) is 10.6 Å². The summed E-state index contributed by atoms with van der Waals surface area (Å²) in [6, 6.07) is 13.2. The van der Waals surface area contributed by atoms with Crippen LogP contribution in [0, 0.1) is 13.8 Å². The molecule has 0 bridgehead atoms. The van der Waals surface area contributed by atoms with Crippen LogP contribution >= 0.6 is 0 Å². The van der Waals surface area contributed by atoms with Gasteiger partial charge in [0.1, 0.15) is 0 Å². The third-order valence-corrected chi connectivity index (χ3v) is 3.99. The molecule has 3 N–H and O–H groups in total. The van der Waals surface area contributed by atoms with E-state index in [0.717, 1.165) is 0 Å². The van der Waals surface area contributed by atoms with E-state index in [4.69, 9.17) is 0 Å². The molecule has 0 radical (unpaired) electrons. The molecule has 2 aromatic rings. The first-order valence-corrected chi connectivity index (χ1v) is 8.87. The van der Waals surface area contributed by atoms with Crippen molar-refractivity contribution in [1.82, 2.24) is 5.32 Å². The Hall–Kier alpha value is -2.82. The number of anilines is 2. The fourth-order valence-electron chi connectivity index (χ4n) is 2.71. The van der Waals surface area contributed by atoms with Crippen molar-refractivity contribution in [2.45, 2.75) is 46.6 Å². The molecule has 0 unspecified atom stereocenters. The highest BCUT2D eigenvalue weighted by Crippen LogP contribution is 2.21.